The molecule has 0 amide bonds. The van der Waals surface area contributed by atoms with Gasteiger partial charge in [-0.05, 0) is 18.8 Å². The van der Waals surface area contributed by atoms with E-state index < -0.39 is 0 Å². The van der Waals surface area contributed by atoms with Crippen molar-refractivity contribution in [3.05, 3.63) is 16.4 Å². The standard InChI is InChI=1S/C11H15ClN4/c12-10-8-6-13-4-3-9(8)15-11(16-10)14-5-7-1-2-7/h7,13H,1-6H2,(H,14,15,16). The average molecular weight is 239 g/mol. The van der Waals surface area contributed by atoms with Crippen LogP contribution in [0.25, 0.3) is 0 Å². The van der Waals surface area contributed by atoms with Gasteiger partial charge in [0.1, 0.15) is 5.15 Å². The Bertz CT molecular complexity index is 403. The fourth-order valence-electron chi connectivity index (χ4n) is 1.94. The Morgan fingerprint density at radius 3 is 3.06 bits per heavy atom. The Kier molecular flexibility index (Phi) is 2.69. The van der Waals surface area contributed by atoms with Crippen LogP contribution in [0, 0.1) is 5.92 Å². The van der Waals surface area contributed by atoms with Crippen molar-refractivity contribution < 1.29 is 0 Å². The summed E-state index contributed by atoms with van der Waals surface area (Å²) < 4.78 is 0. The minimum atomic E-state index is 0.593. The van der Waals surface area contributed by atoms with Crippen LogP contribution in [0.15, 0.2) is 0 Å². The Hall–Kier alpha value is -0.870. The summed E-state index contributed by atoms with van der Waals surface area (Å²) >= 11 is 6.15. The zero-order valence-corrected chi connectivity index (χ0v) is 9.85. The van der Waals surface area contributed by atoms with Crippen LogP contribution in [0.5, 0.6) is 0 Å². The van der Waals surface area contributed by atoms with Crippen molar-refractivity contribution in [3.63, 3.8) is 0 Å². The average Bonchev–Trinajstić information content (AvgIpc) is 3.10. The van der Waals surface area contributed by atoms with Crippen LogP contribution in [-0.2, 0) is 13.0 Å². The SMILES string of the molecule is Clc1nc(NCC2CC2)nc2c1CNCC2. The van der Waals surface area contributed by atoms with Gasteiger partial charge in [-0.15, -0.1) is 0 Å². The molecule has 16 heavy (non-hydrogen) atoms. The summed E-state index contributed by atoms with van der Waals surface area (Å²) in [6.07, 6.45) is 3.60. The molecule has 1 aliphatic carbocycles. The van der Waals surface area contributed by atoms with Crippen LogP contribution in [0.2, 0.25) is 5.15 Å². The van der Waals surface area contributed by atoms with Crippen LogP contribution in [0.3, 0.4) is 0 Å². The normalized spacial score (nSPS) is 19.3. The van der Waals surface area contributed by atoms with Crippen molar-refractivity contribution in [1.82, 2.24) is 15.3 Å². The molecule has 3 rings (SSSR count). The van der Waals surface area contributed by atoms with Gasteiger partial charge < -0.3 is 10.6 Å². The minimum absolute atomic E-state index is 0.593. The Morgan fingerprint density at radius 1 is 1.38 bits per heavy atom. The highest BCUT2D eigenvalue weighted by molar-refractivity contribution is 6.30. The number of hydrogen-bond acceptors (Lipinski definition) is 4. The zero-order valence-electron chi connectivity index (χ0n) is 9.09. The fourth-order valence-corrected chi connectivity index (χ4v) is 2.19. The first-order valence-corrected chi connectivity index (χ1v) is 6.20. The predicted molar refractivity (Wildman–Crippen MR) is 63.7 cm³/mol. The van der Waals surface area contributed by atoms with Crippen LogP contribution in [0.4, 0.5) is 5.95 Å². The number of rotatable bonds is 3. The van der Waals surface area contributed by atoms with E-state index in [1.165, 1.54) is 12.8 Å². The molecule has 0 atom stereocenters. The van der Waals surface area contributed by atoms with Crippen molar-refractivity contribution in [2.45, 2.75) is 25.8 Å². The minimum Gasteiger partial charge on any atom is -0.354 e. The Labute approximate surface area is 99.8 Å². The van der Waals surface area contributed by atoms with Crippen molar-refractivity contribution >= 4 is 17.5 Å². The largest absolute Gasteiger partial charge is 0.354 e. The molecule has 1 aliphatic heterocycles. The topological polar surface area (TPSA) is 49.8 Å². The van der Waals surface area contributed by atoms with E-state index in [1.54, 1.807) is 0 Å². The van der Waals surface area contributed by atoms with Gasteiger partial charge in [0, 0.05) is 31.6 Å². The van der Waals surface area contributed by atoms with Crippen LogP contribution >= 0.6 is 11.6 Å². The number of anilines is 1. The first-order valence-electron chi connectivity index (χ1n) is 5.83. The molecular formula is C11H15ClN4. The summed E-state index contributed by atoms with van der Waals surface area (Å²) in [5.41, 5.74) is 2.15. The predicted octanol–water partition coefficient (Wildman–Crippen LogP) is 1.60. The van der Waals surface area contributed by atoms with Gasteiger partial charge in [-0.2, -0.15) is 0 Å². The van der Waals surface area contributed by atoms with Gasteiger partial charge in [0.2, 0.25) is 5.95 Å². The molecule has 2 heterocycles. The van der Waals surface area contributed by atoms with Crippen molar-refractivity contribution in [2.24, 2.45) is 5.92 Å². The first kappa shape index (κ1) is 10.3. The summed E-state index contributed by atoms with van der Waals surface area (Å²) in [6, 6.07) is 0. The highest BCUT2D eigenvalue weighted by Gasteiger charge is 2.22. The molecule has 1 aromatic rings. The molecule has 1 saturated carbocycles. The van der Waals surface area contributed by atoms with E-state index in [2.05, 4.69) is 20.6 Å². The summed E-state index contributed by atoms with van der Waals surface area (Å²) in [5.74, 6) is 1.51. The van der Waals surface area contributed by atoms with Crippen LogP contribution in [0.1, 0.15) is 24.1 Å². The Morgan fingerprint density at radius 2 is 2.25 bits per heavy atom. The third-order valence-corrected chi connectivity index (χ3v) is 3.44. The van der Waals surface area contributed by atoms with Gasteiger partial charge in [-0.25, -0.2) is 9.97 Å². The maximum atomic E-state index is 6.15. The molecule has 0 saturated heterocycles. The molecule has 5 heteroatoms. The second kappa shape index (κ2) is 4.18. The van der Waals surface area contributed by atoms with Gasteiger partial charge in [0.05, 0.1) is 5.69 Å². The Balaban J connectivity index is 1.80. The van der Waals surface area contributed by atoms with Crippen LogP contribution in [-0.4, -0.2) is 23.1 Å². The van der Waals surface area contributed by atoms with Gasteiger partial charge >= 0.3 is 0 Å². The lowest BCUT2D eigenvalue weighted by atomic mass is 10.1. The lowest BCUT2D eigenvalue weighted by Crippen LogP contribution is -2.26. The monoisotopic (exact) mass is 238 g/mol. The van der Waals surface area contributed by atoms with E-state index in [0.717, 1.165) is 43.2 Å². The number of hydrogen-bond donors (Lipinski definition) is 2. The van der Waals surface area contributed by atoms with Gasteiger partial charge in [0.15, 0.2) is 0 Å². The molecule has 0 radical (unpaired) electrons. The third kappa shape index (κ3) is 2.13. The second-order valence-corrected chi connectivity index (χ2v) is 4.87. The number of aromatic nitrogens is 2. The van der Waals surface area contributed by atoms with E-state index in [0.29, 0.717) is 11.1 Å². The summed E-state index contributed by atoms with van der Waals surface area (Å²) in [7, 11) is 0. The molecule has 2 N–H and O–H groups in total. The highest BCUT2D eigenvalue weighted by Crippen LogP contribution is 2.29. The molecule has 1 fully saturated rings. The molecule has 4 nitrogen and oxygen atoms in total. The number of halogens is 1. The fraction of sp³-hybridized carbons (Fsp3) is 0.636. The lowest BCUT2D eigenvalue weighted by molar-refractivity contribution is 0.626. The summed E-state index contributed by atoms with van der Waals surface area (Å²) in [4.78, 5) is 8.82. The van der Waals surface area contributed by atoms with Crippen LogP contribution < -0.4 is 10.6 Å². The molecule has 0 spiro atoms. The van der Waals surface area contributed by atoms with E-state index in [9.17, 15) is 0 Å². The summed E-state index contributed by atoms with van der Waals surface area (Å²) in [5, 5.41) is 7.14. The van der Waals surface area contributed by atoms with E-state index in [1.807, 2.05) is 0 Å². The second-order valence-electron chi connectivity index (χ2n) is 4.51. The van der Waals surface area contributed by atoms with Crippen molar-refractivity contribution in [3.8, 4) is 0 Å². The first-order chi connectivity index (χ1) is 7.83. The summed E-state index contributed by atoms with van der Waals surface area (Å²) in [6.45, 7) is 2.74. The molecule has 0 unspecified atom stereocenters. The molecule has 2 aliphatic rings. The quantitative estimate of drug-likeness (QED) is 0.786. The number of fused-ring (bicyclic) bond motifs is 1. The van der Waals surface area contributed by atoms with Gasteiger partial charge in [-0.1, -0.05) is 11.6 Å². The van der Waals surface area contributed by atoms with Gasteiger partial charge in [0.25, 0.3) is 0 Å². The molecule has 1 aromatic heterocycles. The number of nitrogens with zero attached hydrogens (tertiary/aromatic N) is 2. The van der Waals surface area contributed by atoms with Gasteiger partial charge in [-0.3, -0.25) is 0 Å². The lowest BCUT2D eigenvalue weighted by Gasteiger charge is -2.17. The third-order valence-electron chi connectivity index (χ3n) is 3.13. The maximum Gasteiger partial charge on any atom is 0.224 e. The number of nitrogens with one attached hydrogen (secondary N) is 2. The molecular weight excluding hydrogens is 224 g/mol. The van der Waals surface area contributed by atoms with E-state index >= 15 is 0 Å². The van der Waals surface area contributed by atoms with E-state index in [-0.39, 0.29) is 0 Å². The smallest absolute Gasteiger partial charge is 0.224 e. The molecule has 86 valence electrons. The zero-order chi connectivity index (χ0) is 11.0. The van der Waals surface area contributed by atoms with Crippen molar-refractivity contribution in [1.29, 1.82) is 0 Å². The highest BCUT2D eigenvalue weighted by atomic mass is 35.5. The molecule has 0 bridgehead atoms. The van der Waals surface area contributed by atoms with E-state index in [4.69, 9.17) is 11.6 Å². The maximum absolute atomic E-state index is 6.15. The molecule has 0 aromatic carbocycles. The van der Waals surface area contributed by atoms with Crippen molar-refractivity contribution in [2.75, 3.05) is 18.4 Å².